The summed E-state index contributed by atoms with van der Waals surface area (Å²) in [6.45, 7) is 7.74. The molecule has 0 aromatic rings. The topological polar surface area (TPSA) is 102 Å². The van der Waals surface area contributed by atoms with Crippen LogP contribution in [0.5, 0.6) is 0 Å². The monoisotopic (exact) mass is 299 g/mol. The van der Waals surface area contributed by atoms with Crippen LogP contribution < -0.4 is 11.1 Å². The van der Waals surface area contributed by atoms with Gasteiger partial charge in [0.05, 0.1) is 5.92 Å². The second-order valence-corrected chi connectivity index (χ2v) is 6.39. The van der Waals surface area contributed by atoms with Gasteiger partial charge < -0.3 is 20.7 Å². The van der Waals surface area contributed by atoms with Gasteiger partial charge in [-0.15, -0.1) is 0 Å². The van der Waals surface area contributed by atoms with Gasteiger partial charge in [0, 0.05) is 13.1 Å². The first-order valence-electron chi connectivity index (χ1n) is 7.18. The number of piperidine rings is 1. The third-order valence-corrected chi connectivity index (χ3v) is 3.24. The number of nitrogens with one attached hydrogen (secondary N) is 1. The molecule has 0 aliphatic carbocycles. The van der Waals surface area contributed by atoms with E-state index in [1.54, 1.807) is 32.6 Å². The molecule has 3 N–H and O–H groups in total. The Labute approximate surface area is 125 Å². The van der Waals surface area contributed by atoms with E-state index in [2.05, 4.69) is 5.32 Å². The molecular weight excluding hydrogens is 274 g/mol. The van der Waals surface area contributed by atoms with Crippen molar-refractivity contribution in [3.05, 3.63) is 0 Å². The van der Waals surface area contributed by atoms with Crippen molar-refractivity contribution in [1.82, 2.24) is 10.2 Å². The second kappa shape index (κ2) is 6.78. The highest BCUT2D eigenvalue weighted by Gasteiger charge is 2.30. The van der Waals surface area contributed by atoms with E-state index < -0.39 is 17.7 Å². The molecule has 0 radical (unpaired) electrons. The molecule has 0 spiro atoms. The van der Waals surface area contributed by atoms with Gasteiger partial charge in [-0.3, -0.25) is 9.59 Å². The molecule has 2 atom stereocenters. The first kappa shape index (κ1) is 17.3. The van der Waals surface area contributed by atoms with E-state index in [0.717, 1.165) is 6.42 Å². The Morgan fingerprint density at radius 1 is 1.33 bits per heavy atom. The molecule has 1 saturated heterocycles. The first-order valence-corrected chi connectivity index (χ1v) is 7.18. The zero-order valence-corrected chi connectivity index (χ0v) is 13.1. The molecule has 120 valence electrons. The van der Waals surface area contributed by atoms with E-state index in [0.29, 0.717) is 19.5 Å². The molecule has 1 aliphatic heterocycles. The van der Waals surface area contributed by atoms with Crippen molar-refractivity contribution < 1.29 is 19.1 Å². The molecule has 0 bridgehead atoms. The number of primary amides is 1. The smallest absolute Gasteiger partial charge is 0.408 e. The van der Waals surface area contributed by atoms with Crippen LogP contribution in [-0.4, -0.2) is 47.5 Å². The molecule has 21 heavy (non-hydrogen) atoms. The van der Waals surface area contributed by atoms with E-state index in [1.165, 1.54) is 0 Å². The zero-order valence-electron chi connectivity index (χ0n) is 13.1. The van der Waals surface area contributed by atoms with Gasteiger partial charge in [-0.1, -0.05) is 0 Å². The molecule has 7 nitrogen and oxygen atoms in total. The Balaban J connectivity index is 2.54. The third-order valence-electron chi connectivity index (χ3n) is 3.24. The molecular formula is C14H25N3O4. The van der Waals surface area contributed by atoms with Crippen molar-refractivity contribution in [1.29, 1.82) is 0 Å². The van der Waals surface area contributed by atoms with Crippen molar-refractivity contribution in [2.24, 2.45) is 11.7 Å². The summed E-state index contributed by atoms with van der Waals surface area (Å²) in [6.07, 6.45) is 0.803. The van der Waals surface area contributed by atoms with Gasteiger partial charge in [0.2, 0.25) is 11.8 Å². The summed E-state index contributed by atoms with van der Waals surface area (Å²) in [5.74, 6) is -0.927. The van der Waals surface area contributed by atoms with E-state index in [-0.39, 0.29) is 17.7 Å². The minimum atomic E-state index is -0.702. The van der Waals surface area contributed by atoms with Crippen molar-refractivity contribution in [3.63, 3.8) is 0 Å². The SMILES string of the molecule is CC(NC(=O)OC(C)(C)C)C(=O)N1CCCC(C(N)=O)C1. The summed E-state index contributed by atoms with van der Waals surface area (Å²) in [5.41, 5.74) is 4.67. The minimum Gasteiger partial charge on any atom is -0.444 e. The van der Waals surface area contributed by atoms with Gasteiger partial charge in [0.1, 0.15) is 11.6 Å². The fraction of sp³-hybridized carbons (Fsp3) is 0.786. The Kier molecular flexibility index (Phi) is 5.57. The highest BCUT2D eigenvalue weighted by molar-refractivity contribution is 5.86. The standard InChI is InChI=1S/C14H25N3O4/c1-9(16-13(20)21-14(2,3)4)12(19)17-7-5-6-10(8-17)11(15)18/h9-10H,5-8H2,1-4H3,(H2,15,18)(H,16,20). The van der Waals surface area contributed by atoms with Crippen LogP contribution in [0.3, 0.4) is 0 Å². The van der Waals surface area contributed by atoms with Gasteiger partial charge in [0.15, 0.2) is 0 Å². The van der Waals surface area contributed by atoms with Crippen LogP contribution in [0.15, 0.2) is 0 Å². The van der Waals surface area contributed by atoms with Crippen LogP contribution >= 0.6 is 0 Å². The fourth-order valence-electron chi connectivity index (χ4n) is 2.23. The van der Waals surface area contributed by atoms with Gasteiger partial charge >= 0.3 is 6.09 Å². The number of likely N-dealkylation sites (tertiary alicyclic amines) is 1. The van der Waals surface area contributed by atoms with Gasteiger partial charge in [-0.2, -0.15) is 0 Å². The maximum Gasteiger partial charge on any atom is 0.408 e. The summed E-state index contributed by atoms with van der Waals surface area (Å²) in [4.78, 5) is 36.7. The molecule has 0 aromatic carbocycles. The number of ether oxygens (including phenoxy) is 1. The number of nitrogens with two attached hydrogens (primary N) is 1. The number of nitrogens with zero attached hydrogens (tertiary/aromatic N) is 1. The van der Waals surface area contributed by atoms with E-state index in [9.17, 15) is 14.4 Å². The number of hydrogen-bond donors (Lipinski definition) is 2. The predicted molar refractivity (Wildman–Crippen MR) is 77.3 cm³/mol. The lowest BCUT2D eigenvalue weighted by Crippen LogP contribution is -2.52. The van der Waals surface area contributed by atoms with Crippen LogP contribution in [0.2, 0.25) is 0 Å². The molecule has 2 unspecified atom stereocenters. The number of alkyl carbamates (subject to hydrolysis) is 1. The van der Waals surface area contributed by atoms with E-state index >= 15 is 0 Å². The number of rotatable bonds is 3. The number of hydrogen-bond acceptors (Lipinski definition) is 4. The largest absolute Gasteiger partial charge is 0.444 e. The number of carbonyl (C=O) groups excluding carboxylic acids is 3. The summed E-state index contributed by atoms with van der Waals surface area (Å²) < 4.78 is 5.11. The van der Waals surface area contributed by atoms with Crippen molar-refractivity contribution >= 4 is 17.9 Å². The summed E-state index contributed by atoms with van der Waals surface area (Å²) in [7, 11) is 0. The van der Waals surface area contributed by atoms with E-state index in [1.807, 2.05) is 0 Å². The molecule has 0 saturated carbocycles. The third kappa shape index (κ3) is 5.61. The Bertz CT molecular complexity index is 417. The Morgan fingerprint density at radius 2 is 1.95 bits per heavy atom. The second-order valence-electron chi connectivity index (χ2n) is 6.39. The van der Waals surface area contributed by atoms with Crippen LogP contribution in [0, 0.1) is 5.92 Å². The Hall–Kier alpha value is -1.79. The number of carbonyl (C=O) groups is 3. The molecule has 1 fully saturated rings. The normalized spacial score (nSPS) is 20.6. The van der Waals surface area contributed by atoms with Gasteiger partial charge in [0.25, 0.3) is 0 Å². The summed E-state index contributed by atoms with van der Waals surface area (Å²) >= 11 is 0. The molecule has 0 aromatic heterocycles. The van der Waals surface area contributed by atoms with Gasteiger partial charge in [-0.25, -0.2) is 4.79 Å². The molecule has 1 aliphatic rings. The summed E-state index contributed by atoms with van der Waals surface area (Å²) in [5, 5.41) is 2.51. The Morgan fingerprint density at radius 3 is 2.48 bits per heavy atom. The average molecular weight is 299 g/mol. The van der Waals surface area contributed by atoms with E-state index in [4.69, 9.17) is 10.5 Å². The first-order chi connectivity index (χ1) is 9.60. The highest BCUT2D eigenvalue weighted by atomic mass is 16.6. The highest BCUT2D eigenvalue weighted by Crippen LogP contribution is 2.17. The molecule has 3 amide bonds. The minimum absolute atomic E-state index is 0.230. The quantitative estimate of drug-likeness (QED) is 0.797. The lowest BCUT2D eigenvalue weighted by atomic mass is 9.97. The molecule has 1 heterocycles. The van der Waals surface area contributed by atoms with Crippen molar-refractivity contribution in [2.75, 3.05) is 13.1 Å². The fourth-order valence-corrected chi connectivity index (χ4v) is 2.23. The van der Waals surface area contributed by atoms with Gasteiger partial charge in [-0.05, 0) is 40.5 Å². The summed E-state index contributed by atoms with van der Waals surface area (Å²) in [6, 6.07) is -0.702. The lowest BCUT2D eigenvalue weighted by Gasteiger charge is -2.33. The molecule has 7 heteroatoms. The zero-order chi connectivity index (χ0) is 16.2. The van der Waals surface area contributed by atoms with Crippen molar-refractivity contribution in [3.8, 4) is 0 Å². The van der Waals surface area contributed by atoms with Crippen molar-refractivity contribution in [2.45, 2.75) is 52.2 Å². The van der Waals surface area contributed by atoms with Crippen LogP contribution in [0.4, 0.5) is 4.79 Å². The molecule has 1 rings (SSSR count). The van der Waals surface area contributed by atoms with Crippen LogP contribution in [-0.2, 0) is 14.3 Å². The van der Waals surface area contributed by atoms with Crippen LogP contribution in [0.1, 0.15) is 40.5 Å². The average Bonchev–Trinajstić information content (AvgIpc) is 2.35. The predicted octanol–water partition coefficient (Wildman–Crippen LogP) is 0.624. The maximum absolute atomic E-state index is 12.3. The lowest BCUT2D eigenvalue weighted by molar-refractivity contribution is -0.136. The van der Waals surface area contributed by atoms with Crippen LogP contribution in [0.25, 0.3) is 0 Å². The maximum atomic E-state index is 12.3. The number of amides is 3.